The van der Waals surface area contributed by atoms with Crippen molar-refractivity contribution in [1.82, 2.24) is 0 Å². The Morgan fingerprint density at radius 1 is 1.50 bits per heavy atom. The predicted octanol–water partition coefficient (Wildman–Crippen LogP) is 0.886. The molecule has 0 heterocycles. The van der Waals surface area contributed by atoms with Gasteiger partial charge in [-0.05, 0) is 25.7 Å². The zero-order valence-electron chi connectivity index (χ0n) is 6.64. The Balaban J connectivity index is 2.45. The molecule has 1 rings (SSSR count). The van der Waals surface area contributed by atoms with Crippen molar-refractivity contribution in [3.63, 3.8) is 0 Å². The summed E-state index contributed by atoms with van der Waals surface area (Å²) < 4.78 is 0. The van der Waals surface area contributed by atoms with Gasteiger partial charge >= 0.3 is 0 Å². The minimum absolute atomic E-state index is 0.400. The molecule has 1 unspecified atom stereocenters. The van der Waals surface area contributed by atoms with E-state index < -0.39 is 5.60 Å². The van der Waals surface area contributed by atoms with Gasteiger partial charge in [0.1, 0.15) is 0 Å². The molecule has 3 N–H and O–H groups in total. The van der Waals surface area contributed by atoms with Crippen LogP contribution in [0.2, 0.25) is 0 Å². The van der Waals surface area contributed by atoms with Gasteiger partial charge in [-0.2, -0.15) is 0 Å². The molecule has 1 saturated carbocycles. The molecule has 0 amide bonds. The van der Waals surface area contributed by atoms with Crippen molar-refractivity contribution >= 4 is 0 Å². The highest BCUT2D eigenvalue weighted by atomic mass is 16.3. The van der Waals surface area contributed by atoms with E-state index in [0.717, 1.165) is 12.8 Å². The molecule has 60 valence electrons. The minimum atomic E-state index is -0.601. The number of rotatable bonds is 2. The van der Waals surface area contributed by atoms with Crippen LogP contribution in [0.5, 0.6) is 0 Å². The van der Waals surface area contributed by atoms with Crippen LogP contribution in [-0.2, 0) is 0 Å². The third kappa shape index (κ3) is 1.50. The van der Waals surface area contributed by atoms with E-state index in [0.29, 0.717) is 12.5 Å². The Labute approximate surface area is 62.4 Å². The zero-order chi connectivity index (χ0) is 7.61. The van der Waals surface area contributed by atoms with Gasteiger partial charge in [0.25, 0.3) is 0 Å². The van der Waals surface area contributed by atoms with Crippen molar-refractivity contribution in [2.24, 2.45) is 11.7 Å². The van der Waals surface area contributed by atoms with Gasteiger partial charge in [0.2, 0.25) is 0 Å². The number of nitrogens with two attached hydrogens (primary N) is 1. The second kappa shape index (κ2) is 2.89. The molecule has 0 saturated heterocycles. The molecule has 10 heavy (non-hydrogen) atoms. The van der Waals surface area contributed by atoms with E-state index in [4.69, 9.17) is 5.73 Å². The molecule has 0 radical (unpaired) electrons. The lowest BCUT2D eigenvalue weighted by atomic mass is 9.88. The number of aliphatic hydroxyl groups is 1. The fraction of sp³-hybridized carbons (Fsp3) is 1.00. The number of hydrogen-bond acceptors (Lipinski definition) is 2. The van der Waals surface area contributed by atoms with Crippen LogP contribution in [0.3, 0.4) is 0 Å². The summed E-state index contributed by atoms with van der Waals surface area (Å²) in [5, 5.41) is 9.70. The average molecular weight is 143 g/mol. The molecule has 1 aliphatic rings. The van der Waals surface area contributed by atoms with Gasteiger partial charge < -0.3 is 10.8 Å². The Hall–Kier alpha value is -0.0800. The first-order valence-electron chi connectivity index (χ1n) is 4.09. The predicted molar refractivity (Wildman–Crippen MR) is 41.6 cm³/mol. The van der Waals surface area contributed by atoms with E-state index in [1.54, 1.807) is 0 Å². The first-order chi connectivity index (χ1) is 4.67. The molecule has 2 heteroatoms. The minimum Gasteiger partial charge on any atom is -0.389 e. The lowest BCUT2D eigenvalue weighted by Gasteiger charge is -2.28. The first kappa shape index (κ1) is 8.02. The molecule has 1 atom stereocenters. The van der Waals surface area contributed by atoms with Crippen molar-refractivity contribution in [1.29, 1.82) is 0 Å². The van der Waals surface area contributed by atoms with Gasteiger partial charge in [0.15, 0.2) is 0 Å². The van der Waals surface area contributed by atoms with Crippen LogP contribution in [0.25, 0.3) is 0 Å². The van der Waals surface area contributed by atoms with Crippen LogP contribution in [0.1, 0.15) is 32.6 Å². The van der Waals surface area contributed by atoms with E-state index in [1.165, 1.54) is 12.8 Å². The van der Waals surface area contributed by atoms with Crippen molar-refractivity contribution in [2.75, 3.05) is 6.54 Å². The molecule has 0 bridgehead atoms. The maximum Gasteiger partial charge on any atom is 0.0769 e. The van der Waals surface area contributed by atoms with Gasteiger partial charge in [0.05, 0.1) is 5.60 Å². The lowest BCUT2D eigenvalue weighted by molar-refractivity contribution is 0.0103. The van der Waals surface area contributed by atoms with E-state index in [9.17, 15) is 5.11 Å². The highest BCUT2D eigenvalue weighted by Crippen LogP contribution is 2.33. The Morgan fingerprint density at radius 2 is 2.00 bits per heavy atom. The van der Waals surface area contributed by atoms with Crippen molar-refractivity contribution in [3.8, 4) is 0 Å². The van der Waals surface area contributed by atoms with Gasteiger partial charge in [-0.1, -0.05) is 12.8 Å². The fourth-order valence-electron chi connectivity index (χ4n) is 1.71. The highest BCUT2D eigenvalue weighted by molar-refractivity contribution is 4.85. The van der Waals surface area contributed by atoms with Gasteiger partial charge in [-0.3, -0.25) is 0 Å². The molecule has 0 aromatic heterocycles. The van der Waals surface area contributed by atoms with Crippen molar-refractivity contribution in [3.05, 3.63) is 0 Å². The Morgan fingerprint density at radius 3 is 2.40 bits per heavy atom. The average Bonchev–Trinajstić information content (AvgIpc) is 2.38. The standard InChI is InChI=1S/C8H17NO/c1-8(10,6-9)7-4-2-3-5-7/h7,10H,2-6,9H2,1H3. The van der Waals surface area contributed by atoms with Crippen LogP contribution in [0, 0.1) is 5.92 Å². The molecule has 0 aliphatic heterocycles. The van der Waals surface area contributed by atoms with E-state index >= 15 is 0 Å². The zero-order valence-corrected chi connectivity index (χ0v) is 6.64. The molecule has 1 aliphatic carbocycles. The third-order valence-corrected chi connectivity index (χ3v) is 2.65. The normalized spacial score (nSPS) is 26.7. The summed E-state index contributed by atoms with van der Waals surface area (Å²) in [6.07, 6.45) is 4.84. The SMILES string of the molecule is CC(O)(CN)C1CCCC1. The Bertz CT molecular complexity index is 106. The molecular weight excluding hydrogens is 126 g/mol. The molecule has 1 fully saturated rings. The smallest absolute Gasteiger partial charge is 0.0769 e. The van der Waals surface area contributed by atoms with Gasteiger partial charge in [0, 0.05) is 6.54 Å². The van der Waals surface area contributed by atoms with Crippen LogP contribution in [-0.4, -0.2) is 17.3 Å². The topological polar surface area (TPSA) is 46.2 Å². The highest BCUT2D eigenvalue weighted by Gasteiger charge is 2.32. The summed E-state index contributed by atoms with van der Waals surface area (Å²) in [5.41, 5.74) is 4.84. The van der Waals surface area contributed by atoms with E-state index in [2.05, 4.69) is 0 Å². The van der Waals surface area contributed by atoms with Crippen LogP contribution in [0.15, 0.2) is 0 Å². The monoisotopic (exact) mass is 143 g/mol. The molecule has 2 nitrogen and oxygen atoms in total. The first-order valence-corrected chi connectivity index (χ1v) is 4.09. The summed E-state index contributed by atoms with van der Waals surface area (Å²) in [5.74, 6) is 0.456. The van der Waals surface area contributed by atoms with Gasteiger partial charge in [-0.15, -0.1) is 0 Å². The summed E-state index contributed by atoms with van der Waals surface area (Å²) in [6, 6.07) is 0. The Kier molecular flexibility index (Phi) is 2.32. The van der Waals surface area contributed by atoms with Gasteiger partial charge in [-0.25, -0.2) is 0 Å². The summed E-state index contributed by atoms with van der Waals surface area (Å²) in [4.78, 5) is 0. The summed E-state index contributed by atoms with van der Waals surface area (Å²) in [7, 11) is 0. The van der Waals surface area contributed by atoms with Crippen LogP contribution in [0.4, 0.5) is 0 Å². The second-order valence-electron chi connectivity index (χ2n) is 3.54. The summed E-state index contributed by atoms with van der Waals surface area (Å²) in [6.45, 7) is 2.25. The lowest BCUT2D eigenvalue weighted by Crippen LogP contribution is -2.40. The quantitative estimate of drug-likeness (QED) is 0.603. The fourth-order valence-corrected chi connectivity index (χ4v) is 1.71. The number of hydrogen-bond donors (Lipinski definition) is 2. The molecular formula is C8H17NO. The molecule has 0 aromatic rings. The molecule has 0 spiro atoms. The third-order valence-electron chi connectivity index (χ3n) is 2.65. The van der Waals surface area contributed by atoms with Crippen molar-refractivity contribution < 1.29 is 5.11 Å². The summed E-state index contributed by atoms with van der Waals surface area (Å²) >= 11 is 0. The maximum atomic E-state index is 9.70. The van der Waals surface area contributed by atoms with E-state index in [-0.39, 0.29) is 0 Å². The maximum absolute atomic E-state index is 9.70. The van der Waals surface area contributed by atoms with Crippen LogP contribution >= 0.6 is 0 Å². The van der Waals surface area contributed by atoms with Crippen LogP contribution < -0.4 is 5.73 Å². The van der Waals surface area contributed by atoms with Crippen molar-refractivity contribution in [2.45, 2.75) is 38.2 Å². The second-order valence-corrected chi connectivity index (χ2v) is 3.54. The largest absolute Gasteiger partial charge is 0.389 e. The van der Waals surface area contributed by atoms with E-state index in [1.807, 2.05) is 6.92 Å². The molecule has 0 aromatic carbocycles.